The zero-order valence-corrected chi connectivity index (χ0v) is 16.7. The molecule has 0 aliphatic carbocycles. The molecule has 10 nitrogen and oxygen atoms in total. The molecule has 2 rings (SSSR count). The van der Waals surface area contributed by atoms with E-state index >= 15 is 0 Å². The molecule has 0 heterocycles. The molecule has 0 radical (unpaired) electrons. The van der Waals surface area contributed by atoms with Crippen molar-refractivity contribution in [2.24, 2.45) is 10.2 Å². The van der Waals surface area contributed by atoms with Crippen molar-refractivity contribution in [1.82, 2.24) is 0 Å². The van der Waals surface area contributed by atoms with Gasteiger partial charge >= 0.3 is 0 Å². The molecule has 0 bridgehead atoms. The number of nitrogens with zero attached hydrogens (tertiary/aromatic N) is 6. The monoisotopic (exact) mass is 458 g/mol. The van der Waals surface area contributed by atoms with E-state index in [4.69, 9.17) is 32.4 Å². The Bertz CT molecular complexity index is 1260. The van der Waals surface area contributed by atoms with E-state index in [1.54, 1.807) is 18.2 Å². The maximum Gasteiger partial charge on any atom is 0.263 e. The van der Waals surface area contributed by atoms with Crippen LogP contribution < -0.4 is 0 Å². The molecule has 0 N–H and O–H groups in total. The lowest BCUT2D eigenvalue weighted by Crippen LogP contribution is -2.06. The quantitative estimate of drug-likeness (QED) is 0.195. The van der Waals surface area contributed by atoms with Crippen LogP contribution in [-0.2, 0) is 18.1 Å². The highest BCUT2D eigenvalue weighted by Crippen LogP contribution is 2.38. The highest BCUT2D eigenvalue weighted by molar-refractivity contribution is 8.16. The van der Waals surface area contributed by atoms with E-state index in [9.17, 15) is 16.8 Å². The summed E-state index contributed by atoms with van der Waals surface area (Å²) in [7, 11) is 1.54. The van der Waals surface area contributed by atoms with Gasteiger partial charge in [0.15, 0.2) is 0 Å². The molecular formula is C14H8Cl2N6O4S2. The molecular weight excluding hydrogens is 451 g/mol. The first-order valence-corrected chi connectivity index (χ1v) is 11.7. The van der Waals surface area contributed by atoms with Crippen molar-refractivity contribution in [2.75, 3.05) is 0 Å². The lowest BCUT2D eigenvalue weighted by Gasteiger charge is -2.13. The van der Waals surface area contributed by atoms with Crippen LogP contribution in [0, 0.1) is 0 Å². The molecule has 0 atom stereocenters. The molecule has 0 fully saturated rings. The Morgan fingerprint density at radius 1 is 0.786 bits per heavy atom. The maximum absolute atomic E-state index is 12.1. The van der Waals surface area contributed by atoms with Gasteiger partial charge in [0, 0.05) is 36.8 Å². The molecule has 2 aromatic rings. The summed E-state index contributed by atoms with van der Waals surface area (Å²) in [5.41, 5.74) is 17.0. The van der Waals surface area contributed by atoms with Gasteiger partial charge in [0.1, 0.15) is 9.79 Å². The highest BCUT2D eigenvalue weighted by Gasteiger charge is 2.29. The fourth-order valence-electron chi connectivity index (χ4n) is 2.30. The minimum absolute atomic E-state index is 0.244. The van der Waals surface area contributed by atoms with Crippen molar-refractivity contribution in [1.29, 1.82) is 0 Å². The third-order valence-electron chi connectivity index (χ3n) is 3.30. The second kappa shape index (κ2) is 8.53. The third-order valence-corrected chi connectivity index (χ3v) is 6.19. The van der Waals surface area contributed by atoms with Crippen molar-refractivity contribution >= 4 is 50.9 Å². The molecule has 2 aromatic carbocycles. The van der Waals surface area contributed by atoms with Crippen molar-refractivity contribution in [2.45, 2.75) is 9.79 Å². The van der Waals surface area contributed by atoms with Crippen molar-refractivity contribution in [3.8, 4) is 0 Å². The molecule has 0 saturated carbocycles. The van der Waals surface area contributed by atoms with Gasteiger partial charge in [-0.3, -0.25) is 0 Å². The first kappa shape index (κ1) is 21.6. The zero-order chi connectivity index (χ0) is 20.9. The summed E-state index contributed by atoms with van der Waals surface area (Å²) in [5, 5.41) is 6.90. The predicted molar refractivity (Wildman–Crippen MR) is 104 cm³/mol. The summed E-state index contributed by atoms with van der Waals surface area (Å²) in [6, 6.07) is 11.1. The average Bonchev–Trinajstić information content (AvgIpc) is 2.63. The van der Waals surface area contributed by atoms with Crippen LogP contribution >= 0.6 is 21.4 Å². The fraction of sp³-hybridized carbons (Fsp3) is 0. The maximum atomic E-state index is 12.1. The van der Waals surface area contributed by atoms with E-state index < -0.39 is 39.2 Å². The van der Waals surface area contributed by atoms with Gasteiger partial charge in [-0.15, -0.1) is 0 Å². The van der Waals surface area contributed by atoms with Gasteiger partial charge in [0.05, 0.1) is 11.4 Å². The Hall–Kier alpha value is -2.72. The van der Waals surface area contributed by atoms with Crippen molar-refractivity contribution in [3.63, 3.8) is 0 Å². The summed E-state index contributed by atoms with van der Waals surface area (Å²) >= 11 is 0. The van der Waals surface area contributed by atoms with E-state index in [2.05, 4.69) is 20.1 Å². The van der Waals surface area contributed by atoms with Gasteiger partial charge in [-0.25, -0.2) is 16.8 Å². The van der Waals surface area contributed by atoms with Gasteiger partial charge < -0.3 is 0 Å². The van der Waals surface area contributed by atoms with Gasteiger partial charge in [0.25, 0.3) is 18.1 Å². The largest absolute Gasteiger partial charge is 0.263 e. The number of halogens is 2. The normalized spacial score (nSPS) is 12.4. The molecule has 0 unspecified atom stereocenters. The number of benzene rings is 2. The fourth-order valence-corrected chi connectivity index (χ4v) is 5.43. The van der Waals surface area contributed by atoms with Crippen molar-refractivity contribution < 1.29 is 16.8 Å². The van der Waals surface area contributed by atoms with Gasteiger partial charge in [0.2, 0.25) is 0 Å². The zero-order valence-electron chi connectivity index (χ0n) is 13.5. The lowest BCUT2D eigenvalue weighted by atomic mass is 10.1. The minimum atomic E-state index is -4.68. The molecule has 0 aromatic heterocycles. The predicted octanol–water partition coefficient (Wildman–Crippen LogP) is 4.99. The molecule has 144 valence electrons. The summed E-state index contributed by atoms with van der Waals surface area (Å²) in [5.74, 6) is 0. The lowest BCUT2D eigenvalue weighted by molar-refractivity contribution is 0.597. The number of hydrogen-bond acceptors (Lipinski definition) is 6. The number of azide groups is 2. The standard InChI is InChI=1S/C14H8Cl2N6O4S2/c15-27(23,24)11-8-4-7-10(14(11)28(16,25)26)13(20-22-18)12(19-21-17)9-5-2-1-3-6-9/h1-8H. The molecule has 0 saturated heterocycles. The molecule has 0 aliphatic heterocycles. The van der Waals surface area contributed by atoms with Gasteiger partial charge in [-0.2, -0.15) is 0 Å². The van der Waals surface area contributed by atoms with Crippen LogP contribution in [0.4, 0.5) is 0 Å². The van der Waals surface area contributed by atoms with E-state index in [0.29, 0.717) is 0 Å². The summed E-state index contributed by atoms with van der Waals surface area (Å²) in [6.45, 7) is 0. The van der Waals surface area contributed by atoms with Gasteiger partial charge in [-0.1, -0.05) is 52.7 Å². The smallest absolute Gasteiger partial charge is 0.207 e. The number of hydrogen-bond donors (Lipinski definition) is 0. The second-order valence-corrected chi connectivity index (χ2v) is 9.99. The van der Waals surface area contributed by atoms with Crippen LogP contribution in [0.15, 0.2) is 68.6 Å². The number of rotatable bonds is 6. The third kappa shape index (κ3) is 4.76. The first-order chi connectivity index (χ1) is 13.1. The second-order valence-electron chi connectivity index (χ2n) is 4.95. The van der Waals surface area contributed by atoms with Crippen LogP contribution in [0.5, 0.6) is 0 Å². The van der Waals surface area contributed by atoms with Crippen LogP contribution in [0.2, 0.25) is 0 Å². The van der Waals surface area contributed by atoms with Crippen molar-refractivity contribution in [3.05, 3.63) is 80.5 Å². The van der Waals surface area contributed by atoms with E-state index in [-0.39, 0.29) is 11.3 Å². The van der Waals surface area contributed by atoms with E-state index in [1.807, 2.05) is 0 Å². The Morgan fingerprint density at radius 2 is 1.36 bits per heavy atom. The van der Waals surface area contributed by atoms with Crippen LogP contribution in [-0.4, -0.2) is 16.8 Å². The summed E-state index contributed by atoms with van der Waals surface area (Å²) < 4.78 is 47.9. The van der Waals surface area contributed by atoms with Crippen LogP contribution in [0.25, 0.3) is 32.3 Å². The molecule has 0 spiro atoms. The Balaban J connectivity index is 3.12. The molecule has 28 heavy (non-hydrogen) atoms. The summed E-state index contributed by atoms with van der Waals surface area (Å²) in [4.78, 5) is 3.56. The minimum Gasteiger partial charge on any atom is -0.207 e. The van der Waals surface area contributed by atoms with Gasteiger partial charge in [-0.05, 0) is 22.7 Å². The highest BCUT2D eigenvalue weighted by atomic mass is 35.7. The first-order valence-electron chi connectivity index (χ1n) is 7.04. The Morgan fingerprint density at radius 3 is 1.86 bits per heavy atom. The SMILES string of the molecule is [N-]=[N+]=NC(=C(N=[N+]=[N-])c1cccc(S(=O)(=O)Cl)c1S(=O)(=O)Cl)c1ccccc1. The topological polar surface area (TPSA) is 166 Å². The molecule has 14 heteroatoms. The Kier molecular flexibility index (Phi) is 6.57. The van der Waals surface area contributed by atoms with E-state index in [1.165, 1.54) is 18.2 Å². The molecule has 0 amide bonds. The Labute approximate surface area is 168 Å². The average molecular weight is 459 g/mol. The molecule has 0 aliphatic rings. The summed E-state index contributed by atoms with van der Waals surface area (Å²) in [6.07, 6.45) is 0. The van der Waals surface area contributed by atoms with E-state index in [0.717, 1.165) is 12.1 Å². The van der Waals surface area contributed by atoms with Crippen LogP contribution in [0.1, 0.15) is 11.1 Å². The van der Waals surface area contributed by atoms with Crippen LogP contribution in [0.3, 0.4) is 0 Å².